The number of nitrogens with one attached hydrogen (secondary N) is 1. The summed E-state index contributed by atoms with van der Waals surface area (Å²) in [7, 11) is 3.09. The second kappa shape index (κ2) is 8.19. The average Bonchev–Trinajstić information content (AvgIpc) is 2.49. The highest BCUT2D eigenvalue weighted by Gasteiger charge is 2.09. The van der Waals surface area contributed by atoms with Crippen molar-refractivity contribution in [2.75, 3.05) is 14.2 Å². The van der Waals surface area contributed by atoms with Crippen LogP contribution in [0.15, 0.2) is 23.3 Å². The van der Waals surface area contributed by atoms with E-state index in [1.807, 2.05) is 6.92 Å². The summed E-state index contributed by atoms with van der Waals surface area (Å²) in [6.07, 6.45) is 3.06. The van der Waals surface area contributed by atoms with Crippen molar-refractivity contribution in [3.05, 3.63) is 23.8 Å². The first-order valence-electron chi connectivity index (χ1n) is 6.67. The predicted octanol–water partition coefficient (Wildman–Crippen LogP) is 3.00. The Bertz CT molecular complexity index is 462. The predicted molar refractivity (Wildman–Crippen MR) is 79.6 cm³/mol. The number of rotatable bonds is 7. The van der Waals surface area contributed by atoms with Gasteiger partial charge in [-0.3, -0.25) is 4.79 Å². The van der Waals surface area contributed by atoms with Crippen LogP contribution in [0.25, 0.3) is 0 Å². The summed E-state index contributed by atoms with van der Waals surface area (Å²) in [5, 5.41) is 4.08. The molecule has 0 unspecified atom stereocenters. The highest BCUT2D eigenvalue weighted by atomic mass is 16.5. The van der Waals surface area contributed by atoms with Gasteiger partial charge in [0.2, 0.25) is 0 Å². The molecule has 1 amide bonds. The summed E-state index contributed by atoms with van der Waals surface area (Å²) < 4.78 is 10.3. The van der Waals surface area contributed by atoms with Crippen molar-refractivity contribution < 1.29 is 14.3 Å². The Labute approximate surface area is 120 Å². The number of benzene rings is 1. The molecule has 5 heteroatoms. The van der Waals surface area contributed by atoms with Crippen molar-refractivity contribution in [1.29, 1.82) is 0 Å². The zero-order valence-corrected chi connectivity index (χ0v) is 12.5. The molecule has 0 aliphatic rings. The van der Waals surface area contributed by atoms with Crippen LogP contribution in [0.3, 0.4) is 0 Å². The van der Waals surface area contributed by atoms with Gasteiger partial charge < -0.3 is 9.47 Å². The molecule has 0 saturated heterocycles. The number of carbonyl (C=O) groups is 1. The van der Waals surface area contributed by atoms with Gasteiger partial charge in [0, 0.05) is 17.3 Å². The monoisotopic (exact) mass is 278 g/mol. The van der Waals surface area contributed by atoms with E-state index >= 15 is 0 Å². The third kappa shape index (κ3) is 4.91. The molecule has 0 heterocycles. The van der Waals surface area contributed by atoms with E-state index in [0.717, 1.165) is 25.0 Å². The Morgan fingerprint density at radius 1 is 1.20 bits per heavy atom. The highest BCUT2D eigenvalue weighted by Crippen LogP contribution is 2.22. The van der Waals surface area contributed by atoms with Crippen LogP contribution in [0.5, 0.6) is 11.5 Å². The zero-order valence-electron chi connectivity index (χ0n) is 12.5. The zero-order chi connectivity index (χ0) is 15.0. The van der Waals surface area contributed by atoms with E-state index in [-0.39, 0.29) is 5.91 Å². The molecule has 0 aromatic heterocycles. The molecule has 0 aliphatic carbocycles. The summed E-state index contributed by atoms with van der Waals surface area (Å²) in [6, 6.07) is 5.01. The van der Waals surface area contributed by atoms with Crippen molar-refractivity contribution >= 4 is 11.6 Å². The number of hydrogen-bond acceptors (Lipinski definition) is 4. The van der Waals surface area contributed by atoms with E-state index in [0.29, 0.717) is 17.1 Å². The lowest BCUT2D eigenvalue weighted by Gasteiger charge is -2.07. The van der Waals surface area contributed by atoms with Gasteiger partial charge in [-0.05, 0) is 31.9 Å². The van der Waals surface area contributed by atoms with Crippen LogP contribution in [0.4, 0.5) is 0 Å². The number of unbranched alkanes of at least 4 members (excludes halogenated alkanes) is 1. The lowest BCUT2D eigenvalue weighted by molar-refractivity contribution is 0.0954. The first-order valence-corrected chi connectivity index (χ1v) is 6.67. The summed E-state index contributed by atoms with van der Waals surface area (Å²) in [5.74, 6) is 0.861. The molecule has 1 aromatic carbocycles. The maximum absolute atomic E-state index is 12.0. The smallest absolute Gasteiger partial charge is 0.271 e. The fourth-order valence-electron chi connectivity index (χ4n) is 1.64. The molecule has 1 aromatic rings. The van der Waals surface area contributed by atoms with Gasteiger partial charge in [0.15, 0.2) is 0 Å². The van der Waals surface area contributed by atoms with Crippen LogP contribution in [0, 0.1) is 0 Å². The van der Waals surface area contributed by atoms with Gasteiger partial charge in [-0.15, -0.1) is 0 Å². The fraction of sp³-hybridized carbons (Fsp3) is 0.467. The molecule has 0 fully saturated rings. The standard InChI is InChI=1S/C15H22N2O3/c1-5-6-7-11(2)16-17-15(18)12-8-13(19-3)10-14(9-12)20-4/h8-10H,5-7H2,1-4H3,(H,17,18)/b16-11+. The fourth-order valence-corrected chi connectivity index (χ4v) is 1.64. The van der Waals surface area contributed by atoms with Crippen molar-refractivity contribution in [2.45, 2.75) is 33.1 Å². The topological polar surface area (TPSA) is 59.9 Å². The maximum atomic E-state index is 12.0. The van der Waals surface area contributed by atoms with E-state index in [1.165, 1.54) is 0 Å². The molecule has 0 aliphatic heterocycles. The van der Waals surface area contributed by atoms with E-state index in [1.54, 1.807) is 32.4 Å². The van der Waals surface area contributed by atoms with Crippen molar-refractivity contribution in [3.8, 4) is 11.5 Å². The number of nitrogens with zero attached hydrogens (tertiary/aromatic N) is 1. The lowest BCUT2D eigenvalue weighted by atomic mass is 10.2. The number of hydrazone groups is 1. The second-order valence-corrected chi connectivity index (χ2v) is 4.49. The van der Waals surface area contributed by atoms with Crippen molar-refractivity contribution in [2.24, 2.45) is 5.10 Å². The summed E-state index contributed by atoms with van der Waals surface area (Å²) in [4.78, 5) is 12.0. The minimum absolute atomic E-state index is 0.280. The van der Waals surface area contributed by atoms with Crippen LogP contribution in [-0.2, 0) is 0 Å². The van der Waals surface area contributed by atoms with Gasteiger partial charge in [0.05, 0.1) is 14.2 Å². The van der Waals surface area contributed by atoms with Crippen molar-refractivity contribution in [3.63, 3.8) is 0 Å². The Morgan fingerprint density at radius 2 is 1.80 bits per heavy atom. The van der Waals surface area contributed by atoms with Crippen LogP contribution in [0.2, 0.25) is 0 Å². The number of carbonyl (C=O) groups excluding carboxylic acids is 1. The van der Waals surface area contributed by atoms with E-state index < -0.39 is 0 Å². The van der Waals surface area contributed by atoms with Gasteiger partial charge in [-0.2, -0.15) is 5.10 Å². The summed E-state index contributed by atoms with van der Waals surface area (Å²) in [5.41, 5.74) is 3.91. The third-order valence-electron chi connectivity index (χ3n) is 2.85. The molecule has 0 bridgehead atoms. The van der Waals surface area contributed by atoms with Gasteiger partial charge in [0.1, 0.15) is 11.5 Å². The molecule has 110 valence electrons. The van der Waals surface area contributed by atoms with Gasteiger partial charge >= 0.3 is 0 Å². The van der Waals surface area contributed by atoms with Crippen LogP contribution < -0.4 is 14.9 Å². The molecule has 20 heavy (non-hydrogen) atoms. The van der Waals surface area contributed by atoms with E-state index in [4.69, 9.17) is 9.47 Å². The molecule has 0 saturated carbocycles. The average molecular weight is 278 g/mol. The molecule has 5 nitrogen and oxygen atoms in total. The lowest BCUT2D eigenvalue weighted by Crippen LogP contribution is -2.19. The minimum Gasteiger partial charge on any atom is -0.497 e. The minimum atomic E-state index is -0.280. The van der Waals surface area contributed by atoms with Gasteiger partial charge in [0.25, 0.3) is 5.91 Å². The SMILES string of the molecule is CCCC/C(C)=N/NC(=O)c1cc(OC)cc(OC)c1. The summed E-state index contributed by atoms with van der Waals surface area (Å²) in [6.45, 7) is 4.02. The third-order valence-corrected chi connectivity index (χ3v) is 2.85. The maximum Gasteiger partial charge on any atom is 0.271 e. The van der Waals surface area contributed by atoms with E-state index in [2.05, 4.69) is 17.5 Å². The first kappa shape index (κ1) is 16.0. The molecule has 0 radical (unpaired) electrons. The Balaban J connectivity index is 2.76. The molecule has 0 spiro atoms. The van der Waals surface area contributed by atoms with Gasteiger partial charge in [-0.25, -0.2) is 5.43 Å². The largest absolute Gasteiger partial charge is 0.497 e. The molecular weight excluding hydrogens is 256 g/mol. The second-order valence-electron chi connectivity index (χ2n) is 4.49. The number of amides is 1. The van der Waals surface area contributed by atoms with Crippen LogP contribution in [0.1, 0.15) is 43.5 Å². The van der Waals surface area contributed by atoms with E-state index in [9.17, 15) is 4.79 Å². The quantitative estimate of drug-likeness (QED) is 0.616. The first-order chi connectivity index (χ1) is 9.60. The Kier molecular flexibility index (Phi) is 6.56. The Hall–Kier alpha value is -2.04. The van der Waals surface area contributed by atoms with Crippen LogP contribution >= 0.6 is 0 Å². The number of ether oxygens (including phenoxy) is 2. The normalized spacial score (nSPS) is 11.1. The van der Waals surface area contributed by atoms with Crippen molar-refractivity contribution in [1.82, 2.24) is 5.43 Å². The van der Waals surface area contributed by atoms with Crippen LogP contribution in [-0.4, -0.2) is 25.8 Å². The molecular formula is C15H22N2O3. The Morgan fingerprint density at radius 3 is 2.30 bits per heavy atom. The highest BCUT2D eigenvalue weighted by molar-refractivity contribution is 5.96. The number of methoxy groups -OCH3 is 2. The number of hydrogen-bond donors (Lipinski definition) is 1. The molecule has 1 N–H and O–H groups in total. The van der Waals surface area contributed by atoms with Gasteiger partial charge in [-0.1, -0.05) is 13.3 Å². The summed E-state index contributed by atoms with van der Waals surface area (Å²) >= 11 is 0. The molecule has 0 atom stereocenters. The molecule has 1 rings (SSSR count).